The summed E-state index contributed by atoms with van der Waals surface area (Å²) in [4.78, 5) is 0.311. The Morgan fingerprint density at radius 1 is 1.15 bits per heavy atom. The van der Waals surface area contributed by atoms with E-state index in [0.717, 1.165) is 5.56 Å². The summed E-state index contributed by atoms with van der Waals surface area (Å²) < 4.78 is 29.5. The van der Waals surface area contributed by atoms with Gasteiger partial charge < -0.3 is 4.52 Å². The molecule has 0 spiro atoms. The maximum Gasteiger partial charge on any atom is 0.184 e. The molecule has 1 heterocycles. The third-order valence-corrected chi connectivity index (χ3v) is 4.76. The lowest BCUT2D eigenvalue weighted by Crippen LogP contribution is -2.11. The molecule has 2 aromatic rings. The molecule has 0 radical (unpaired) electrons. The fourth-order valence-corrected chi connectivity index (χ4v) is 3.17. The van der Waals surface area contributed by atoms with Crippen molar-refractivity contribution >= 4 is 9.84 Å². The van der Waals surface area contributed by atoms with Crippen molar-refractivity contribution in [2.75, 3.05) is 0 Å². The lowest BCUT2D eigenvalue weighted by atomic mass is 9.87. The summed E-state index contributed by atoms with van der Waals surface area (Å²) in [6.45, 7) is 8.01. The van der Waals surface area contributed by atoms with Crippen LogP contribution >= 0.6 is 0 Å². The van der Waals surface area contributed by atoms with Crippen LogP contribution < -0.4 is 0 Å². The molecule has 5 heteroatoms. The van der Waals surface area contributed by atoms with E-state index in [4.69, 9.17) is 4.52 Å². The van der Waals surface area contributed by atoms with E-state index in [-0.39, 0.29) is 11.2 Å². The van der Waals surface area contributed by atoms with Gasteiger partial charge >= 0.3 is 0 Å². The number of hydrogen-bond donors (Lipinski definition) is 0. The molecule has 0 aliphatic rings. The lowest BCUT2D eigenvalue weighted by Gasteiger charge is -2.19. The zero-order valence-electron chi connectivity index (χ0n) is 12.2. The van der Waals surface area contributed by atoms with Crippen LogP contribution in [0.1, 0.15) is 37.8 Å². The van der Waals surface area contributed by atoms with Gasteiger partial charge in [-0.2, -0.15) is 0 Å². The van der Waals surface area contributed by atoms with Crippen LogP contribution in [0.4, 0.5) is 0 Å². The molecule has 0 unspecified atom stereocenters. The second-order valence-electron chi connectivity index (χ2n) is 5.96. The number of benzene rings is 1. The third-order valence-electron chi connectivity index (χ3n) is 3.09. The number of hydrogen-bond acceptors (Lipinski definition) is 4. The maximum absolute atomic E-state index is 12.3. The first-order valence-corrected chi connectivity index (χ1v) is 8.09. The number of rotatable bonds is 3. The fraction of sp³-hybridized carbons (Fsp3) is 0.400. The minimum Gasteiger partial charge on any atom is -0.361 e. The zero-order valence-corrected chi connectivity index (χ0v) is 13.0. The van der Waals surface area contributed by atoms with Crippen LogP contribution in [0.15, 0.2) is 39.8 Å². The van der Waals surface area contributed by atoms with Gasteiger partial charge in [0.25, 0.3) is 0 Å². The van der Waals surface area contributed by atoms with Gasteiger partial charge in [0.15, 0.2) is 9.84 Å². The highest BCUT2D eigenvalue weighted by Crippen LogP contribution is 2.24. The lowest BCUT2D eigenvalue weighted by molar-refractivity contribution is 0.392. The van der Waals surface area contributed by atoms with Crippen molar-refractivity contribution in [1.29, 1.82) is 0 Å². The zero-order chi connectivity index (χ0) is 15.0. The Kier molecular flexibility index (Phi) is 3.73. The Labute approximate surface area is 119 Å². The Balaban J connectivity index is 2.26. The summed E-state index contributed by atoms with van der Waals surface area (Å²) in [6, 6.07) is 8.68. The van der Waals surface area contributed by atoms with E-state index in [1.165, 1.54) is 0 Å². The van der Waals surface area contributed by atoms with Crippen molar-refractivity contribution < 1.29 is 12.9 Å². The minimum absolute atomic E-state index is 0.00547. The summed E-state index contributed by atoms with van der Waals surface area (Å²) in [7, 11) is -3.38. The molecule has 1 aromatic heterocycles. The van der Waals surface area contributed by atoms with Gasteiger partial charge in [-0.05, 0) is 30.0 Å². The van der Waals surface area contributed by atoms with Crippen molar-refractivity contribution in [1.82, 2.24) is 5.16 Å². The molecule has 0 fully saturated rings. The molecule has 0 saturated heterocycles. The molecule has 0 aliphatic heterocycles. The van der Waals surface area contributed by atoms with Crippen LogP contribution in [0.5, 0.6) is 0 Å². The van der Waals surface area contributed by atoms with Crippen molar-refractivity contribution in [3.05, 3.63) is 47.3 Å². The van der Waals surface area contributed by atoms with Crippen molar-refractivity contribution in [3.63, 3.8) is 0 Å². The van der Waals surface area contributed by atoms with Gasteiger partial charge in [0.1, 0.15) is 11.5 Å². The average molecular weight is 293 g/mol. The fourth-order valence-electron chi connectivity index (χ4n) is 1.93. The topological polar surface area (TPSA) is 60.2 Å². The highest BCUT2D eigenvalue weighted by molar-refractivity contribution is 7.90. The van der Waals surface area contributed by atoms with E-state index in [1.54, 1.807) is 25.1 Å². The molecule has 0 atom stereocenters. The molecule has 0 amide bonds. The highest BCUT2D eigenvalue weighted by Gasteiger charge is 2.19. The second kappa shape index (κ2) is 5.05. The largest absolute Gasteiger partial charge is 0.361 e. The number of nitrogens with zero attached hydrogens (tertiary/aromatic N) is 1. The standard InChI is InChI=1S/C15H19NO3S/c1-11-9-13(16-19-11)10-20(17,18)14-7-5-12(6-8-14)15(2,3)4/h5-9H,10H2,1-4H3. The summed E-state index contributed by atoms with van der Waals surface area (Å²) in [5.41, 5.74) is 1.54. The van der Waals surface area contributed by atoms with E-state index in [0.29, 0.717) is 16.3 Å². The Hall–Kier alpha value is -1.62. The van der Waals surface area contributed by atoms with Crippen LogP contribution in [-0.4, -0.2) is 13.6 Å². The van der Waals surface area contributed by atoms with E-state index in [2.05, 4.69) is 25.9 Å². The van der Waals surface area contributed by atoms with Crippen LogP contribution in [0.25, 0.3) is 0 Å². The van der Waals surface area contributed by atoms with Gasteiger partial charge in [0, 0.05) is 6.07 Å². The van der Waals surface area contributed by atoms with Gasteiger partial charge in [-0.3, -0.25) is 0 Å². The molecule has 1 aromatic carbocycles. The molecular formula is C15H19NO3S. The quantitative estimate of drug-likeness (QED) is 0.871. The molecule has 4 nitrogen and oxygen atoms in total. The van der Waals surface area contributed by atoms with Crippen LogP contribution in [0.3, 0.4) is 0 Å². The van der Waals surface area contributed by atoms with Crippen LogP contribution in [-0.2, 0) is 21.0 Å². The molecule has 2 rings (SSSR count). The van der Waals surface area contributed by atoms with Crippen molar-refractivity contribution in [3.8, 4) is 0 Å². The second-order valence-corrected chi connectivity index (χ2v) is 7.95. The Bertz CT molecular complexity index is 691. The van der Waals surface area contributed by atoms with Gasteiger partial charge in [0.2, 0.25) is 0 Å². The maximum atomic E-state index is 12.3. The molecule has 20 heavy (non-hydrogen) atoms. The van der Waals surface area contributed by atoms with E-state index >= 15 is 0 Å². The summed E-state index contributed by atoms with van der Waals surface area (Å²) in [5.74, 6) is 0.470. The SMILES string of the molecule is Cc1cc(CS(=O)(=O)c2ccc(C(C)(C)C)cc2)no1. The van der Waals surface area contributed by atoms with E-state index in [9.17, 15) is 8.42 Å². The summed E-state index contributed by atoms with van der Waals surface area (Å²) in [6.07, 6.45) is 0. The third kappa shape index (κ3) is 3.28. The monoisotopic (exact) mass is 293 g/mol. The van der Waals surface area contributed by atoms with Gasteiger partial charge in [0.05, 0.1) is 10.6 Å². The first-order chi connectivity index (χ1) is 9.18. The first kappa shape index (κ1) is 14.8. The molecule has 108 valence electrons. The minimum atomic E-state index is -3.38. The Morgan fingerprint density at radius 3 is 2.20 bits per heavy atom. The molecular weight excluding hydrogens is 274 g/mol. The van der Waals surface area contributed by atoms with Crippen LogP contribution in [0.2, 0.25) is 0 Å². The van der Waals surface area contributed by atoms with E-state index < -0.39 is 9.84 Å². The van der Waals surface area contributed by atoms with Gasteiger partial charge in [-0.25, -0.2) is 8.42 Å². The van der Waals surface area contributed by atoms with Crippen molar-refractivity contribution in [2.45, 2.75) is 43.8 Å². The first-order valence-electron chi connectivity index (χ1n) is 6.44. The number of aromatic nitrogens is 1. The van der Waals surface area contributed by atoms with E-state index in [1.807, 2.05) is 12.1 Å². The Morgan fingerprint density at radius 2 is 1.75 bits per heavy atom. The van der Waals surface area contributed by atoms with Gasteiger partial charge in [-0.1, -0.05) is 38.1 Å². The summed E-state index contributed by atoms with van der Waals surface area (Å²) >= 11 is 0. The molecule has 0 N–H and O–H groups in total. The smallest absolute Gasteiger partial charge is 0.184 e. The number of sulfone groups is 1. The van der Waals surface area contributed by atoms with Crippen molar-refractivity contribution in [2.24, 2.45) is 0 Å². The predicted octanol–water partition coefficient (Wildman–Crippen LogP) is 3.25. The summed E-state index contributed by atoms with van der Waals surface area (Å²) in [5, 5.41) is 3.73. The molecule has 0 saturated carbocycles. The number of aryl methyl sites for hydroxylation is 1. The van der Waals surface area contributed by atoms with Gasteiger partial charge in [-0.15, -0.1) is 0 Å². The highest BCUT2D eigenvalue weighted by atomic mass is 32.2. The van der Waals surface area contributed by atoms with Crippen LogP contribution in [0, 0.1) is 6.92 Å². The molecule has 0 aliphatic carbocycles. The predicted molar refractivity (Wildman–Crippen MR) is 77.3 cm³/mol. The normalized spacial score (nSPS) is 12.6. The molecule has 0 bridgehead atoms. The average Bonchev–Trinajstić information content (AvgIpc) is 2.73.